The molecule has 1 heterocycles. The Morgan fingerprint density at radius 3 is 2.48 bits per heavy atom. The van der Waals surface area contributed by atoms with E-state index in [1.54, 1.807) is 0 Å². The summed E-state index contributed by atoms with van der Waals surface area (Å²) in [6.07, 6.45) is -2.61. The molecule has 4 N–H and O–H groups in total. The average Bonchev–Trinajstić information content (AvgIpc) is 2.52. The Kier molecular flexibility index (Phi) is 3.49. The number of ether oxygens (including phenoxy) is 2. The number of benzene rings is 2. The highest BCUT2D eigenvalue weighted by molar-refractivity contribution is 6.05. The number of aromatic hydroxyl groups is 3. The molecule has 120 valence electrons. The molecule has 23 heavy (non-hydrogen) atoms. The Morgan fingerprint density at radius 2 is 1.83 bits per heavy atom. The van der Waals surface area contributed by atoms with Crippen molar-refractivity contribution >= 4 is 5.78 Å². The Balaban J connectivity index is 2.09. The number of fused-ring (bicyclic) bond motifs is 1. The molecule has 1 aliphatic rings. The smallest absolute Gasteiger partial charge is 0.202 e. The summed E-state index contributed by atoms with van der Waals surface area (Å²) < 4.78 is 10.7. The third kappa shape index (κ3) is 2.40. The summed E-state index contributed by atoms with van der Waals surface area (Å²) >= 11 is 0. The maximum absolute atomic E-state index is 12.4. The van der Waals surface area contributed by atoms with Crippen LogP contribution in [0, 0.1) is 0 Å². The fourth-order valence-electron chi connectivity index (χ4n) is 2.53. The van der Waals surface area contributed by atoms with Gasteiger partial charge in [0.25, 0.3) is 0 Å². The first-order chi connectivity index (χ1) is 10.9. The van der Waals surface area contributed by atoms with Gasteiger partial charge in [0.1, 0.15) is 22.8 Å². The van der Waals surface area contributed by atoms with E-state index in [9.17, 15) is 25.2 Å². The Bertz CT molecular complexity index is 784. The number of aliphatic hydroxyl groups excluding tert-OH is 1. The van der Waals surface area contributed by atoms with Crippen LogP contribution in [0.2, 0.25) is 0 Å². The molecule has 0 amide bonds. The van der Waals surface area contributed by atoms with Crippen LogP contribution in [0.15, 0.2) is 30.3 Å². The van der Waals surface area contributed by atoms with Gasteiger partial charge in [-0.05, 0) is 17.7 Å². The van der Waals surface area contributed by atoms with Crippen molar-refractivity contribution in [3.63, 3.8) is 0 Å². The summed E-state index contributed by atoms with van der Waals surface area (Å²) in [5, 5.41) is 38.9. The molecule has 0 saturated heterocycles. The zero-order valence-electron chi connectivity index (χ0n) is 12.1. The van der Waals surface area contributed by atoms with Crippen molar-refractivity contribution in [2.24, 2.45) is 0 Å². The van der Waals surface area contributed by atoms with Crippen LogP contribution in [-0.4, -0.2) is 39.4 Å². The highest BCUT2D eigenvalue weighted by atomic mass is 16.5. The standard InChI is InChI=1S/C16H14O7/c1-22-11-5-8(17)6-12-13(11)14(20)15(21)16(23-12)7-2-3-9(18)10(19)4-7/h2-6,15-19,21H,1H3/t15-,16-/m0/s1. The Morgan fingerprint density at radius 1 is 1.09 bits per heavy atom. The molecule has 0 spiro atoms. The molecule has 0 unspecified atom stereocenters. The predicted octanol–water partition coefficient (Wildman–Crippen LogP) is 1.49. The number of hydrogen-bond acceptors (Lipinski definition) is 7. The molecule has 7 heteroatoms. The molecule has 7 nitrogen and oxygen atoms in total. The quantitative estimate of drug-likeness (QED) is 0.620. The van der Waals surface area contributed by atoms with Gasteiger partial charge in [-0.25, -0.2) is 0 Å². The molecule has 1 aliphatic heterocycles. The van der Waals surface area contributed by atoms with Gasteiger partial charge in [0, 0.05) is 12.1 Å². The van der Waals surface area contributed by atoms with Crippen LogP contribution in [-0.2, 0) is 0 Å². The zero-order valence-corrected chi connectivity index (χ0v) is 12.1. The molecule has 0 radical (unpaired) electrons. The van der Waals surface area contributed by atoms with Crippen molar-refractivity contribution < 1.29 is 34.7 Å². The maximum Gasteiger partial charge on any atom is 0.202 e. The van der Waals surface area contributed by atoms with E-state index in [-0.39, 0.29) is 28.6 Å². The molecule has 3 rings (SSSR count). The molecular weight excluding hydrogens is 304 g/mol. The number of carbonyl (C=O) groups excluding carboxylic acids is 1. The van der Waals surface area contributed by atoms with E-state index in [1.165, 1.54) is 37.4 Å². The molecule has 0 saturated carbocycles. The monoisotopic (exact) mass is 318 g/mol. The second kappa shape index (κ2) is 5.36. The molecule has 0 aromatic heterocycles. The van der Waals surface area contributed by atoms with E-state index in [0.29, 0.717) is 5.56 Å². The molecule has 2 aromatic rings. The minimum absolute atomic E-state index is 0.0389. The summed E-state index contributed by atoms with van der Waals surface area (Å²) in [5.74, 6) is -1.35. The van der Waals surface area contributed by atoms with E-state index >= 15 is 0 Å². The third-order valence-electron chi connectivity index (χ3n) is 3.65. The first-order valence-electron chi connectivity index (χ1n) is 6.74. The summed E-state index contributed by atoms with van der Waals surface area (Å²) in [6.45, 7) is 0. The van der Waals surface area contributed by atoms with E-state index < -0.39 is 23.7 Å². The fraction of sp³-hybridized carbons (Fsp3) is 0.188. The second-order valence-electron chi connectivity index (χ2n) is 5.12. The summed E-state index contributed by atoms with van der Waals surface area (Å²) in [7, 11) is 1.33. The van der Waals surface area contributed by atoms with Gasteiger partial charge in [-0.3, -0.25) is 4.79 Å². The number of methoxy groups -OCH3 is 1. The van der Waals surface area contributed by atoms with Gasteiger partial charge in [-0.2, -0.15) is 0 Å². The number of carbonyl (C=O) groups is 1. The molecule has 2 atom stereocenters. The minimum atomic E-state index is -1.52. The van der Waals surface area contributed by atoms with E-state index in [1.807, 2.05) is 0 Å². The molecule has 0 fully saturated rings. The summed E-state index contributed by atoms with van der Waals surface area (Å²) in [5.41, 5.74) is 0.339. The number of hydrogen-bond donors (Lipinski definition) is 4. The van der Waals surface area contributed by atoms with Crippen LogP contribution in [0.1, 0.15) is 22.0 Å². The molecule has 0 aliphatic carbocycles. The van der Waals surface area contributed by atoms with Gasteiger partial charge in [0.05, 0.1) is 7.11 Å². The molecule has 0 bridgehead atoms. The molecule has 2 aromatic carbocycles. The van der Waals surface area contributed by atoms with Crippen molar-refractivity contribution in [2.75, 3.05) is 7.11 Å². The van der Waals surface area contributed by atoms with Crippen LogP contribution in [0.25, 0.3) is 0 Å². The lowest BCUT2D eigenvalue weighted by Gasteiger charge is -2.30. The van der Waals surface area contributed by atoms with Crippen LogP contribution >= 0.6 is 0 Å². The zero-order chi connectivity index (χ0) is 16.7. The maximum atomic E-state index is 12.4. The highest BCUT2D eigenvalue weighted by Gasteiger charge is 2.39. The van der Waals surface area contributed by atoms with Crippen LogP contribution in [0.4, 0.5) is 0 Å². The minimum Gasteiger partial charge on any atom is -0.508 e. The number of rotatable bonds is 2. The van der Waals surface area contributed by atoms with E-state index in [0.717, 1.165) is 0 Å². The first-order valence-corrected chi connectivity index (χ1v) is 6.74. The Hall–Kier alpha value is -2.93. The van der Waals surface area contributed by atoms with Gasteiger partial charge < -0.3 is 29.9 Å². The summed E-state index contributed by atoms with van der Waals surface area (Å²) in [6, 6.07) is 6.33. The molecular formula is C16H14O7. The van der Waals surface area contributed by atoms with Crippen molar-refractivity contribution in [1.82, 2.24) is 0 Å². The van der Waals surface area contributed by atoms with Crippen LogP contribution < -0.4 is 9.47 Å². The normalized spacial score (nSPS) is 19.8. The van der Waals surface area contributed by atoms with Gasteiger partial charge in [-0.15, -0.1) is 0 Å². The van der Waals surface area contributed by atoms with Crippen LogP contribution in [0.3, 0.4) is 0 Å². The van der Waals surface area contributed by atoms with Gasteiger partial charge in [0.2, 0.25) is 5.78 Å². The van der Waals surface area contributed by atoms with E-state index in [2.05, 4.69) is 0 Å². The lowest BCUT2D eigenvalue weighted by Crippen LogP contribution is -2.36. The van der Waals surface area contributed by atoms with Gasteiger partial charge in [-0.1, -0.05) is 6.07 Å². The second-order valence-corrected chi connectivity index (χ2v) is 5.12. The topological polar surface area (TPSA) is 116 Å². The number of aliphatic hydroxyl groups is 1. The van der Waals surface area contributed by atoms with Crippen molar-refractivity contribution in [1.29, 1.82) is 0 Å². The lowest BCUT2D eigenvalue weighted by atomic mass is 9.92. The highest BCUT2D eigenvalue weighted by Crippen LogP contribution is 2.43. The predicted molar refractivity (Wildman–Crippen MR) is 78.1 cm³/mol. The Labute approximate surface area is 131 Å². The lowest BCUT2D eigenvalue weighted by molar-refractivity contribution is 0.0209. The van der Waals surface area contributed by atoms with E-state index in [4.69, 9.17) is 9.47 Å². The van der Waals surface area contributed by atoms with Crippen LogP contribution in [0.5, 0.6) is 28.7 Å². The van der Waals surface area contributed by atoms with Gasteiger partial charge in [0.15, 0.2) is 23.7 Å². The van der Waals surface area contributed by atoms with Crippen molar-refractivity contribution in [3.8, 4) is 28.7 Å². The first kappa shape index (κ1) is 15.0. The third-order valence-corrected chi connectivity index (χ3v) is 3.65. The summed E-state index contributed by atoms with van der Waals surface area (Å²) in [4.78, 5) is 12.4. The van der Waals surface area contributed by atoms with Gasteiger partial charge >= 0.3 is 0 Å². The van der Waals surface area contributed by atoms with Crippen molar-refractivity contribution in [2.45, 2.75) is 12.2 Å². The number of ketones is 1. The SMILES string of the molecule is COc1cc(O)cc2c1C(=O)[C@H](O)[C@H](c1ccc(O)c(O)c1)O2. The largest absolute Gasteiger partial charge is 0.508 e. The van der Waals surface area contributed by atoms with Crippen molar-refractivity contribution in [3.05, 3.63) is 41.5 Å². The number of Topliss-reactive ketones (excluding diaryl/α,β-unsaturated/α-hetero) is 1. The fourth-order valence-corrected chi connectivity index (χ4v) is 2.53. The average molecular weight is 318 g/mol. The number of phenolic OH excluding ortho intramolecular Hbond substituents is 3. The number of phenols is 3.